The standard InChI is InChI=1S/C11H21NO5S/c1-8(10(14)17-5)6-18(15,16)7-9(13)12-11(2,3)4/h8H,6-7H2,1-5H3,(H,12,13). The maximum absolute atomic E-state index is 11.7. The average Bonchev–Trinajstić information content (AvgIpc) is 2.10. The number of carbonyl (C=O) groups is 2. The highest BCUT2D eigenvalue weighted by molar-refractivity contribution is 7.92. The van der Waals surface area contributed by atoms with E-state index >= 15 is 0 Å². The van der Waals surface area contributed by atoms with Gasteiger partial charge in [0.2, 0.25) is 5.91 Å². The molecule has 1 unspecified atom stereocenters. The molecule has 106 valence electrons. The molecule has 0 heterocycles. The van der Waals surface area contributed by atoms with Gasteiger partial charge in [0.15, 0.2) is 9.84 Å². The topological polar surface area (TPSA) is 89.5 Å². The van der Waals surface area contributed by atoms with E-state index in [0.29, 0.717) is 0 Å². The molecule has 1 N–H and O–H groups in total. The van der Waals surface area contributed by atoms with Crippen LogP contribution in [0.3, 0.4) is 0 Å². The van der Waals surface area contributed by atoms with Gasteiger partial charge in [-0.2, -0.15) is 0 Å². The number of nitrogens with one attached hydrogen (secondary N) is 1. The molecule has 0 aromatic carbocycles. The van der Waals surface area contributed by atoms with Crippen LogP contribution in [0.2, 0.25) is 0 Å². The van der Waals surface area contributed by atoms with Gasteiger partial charge in [0.25, 0.3) is 0 Å². The lowest BCUT2D eigenvalue weighted by molar-refractivity contribution is -0.144. The minimum atomic E-state index is -3.62. The van der Waals surface area contributed by atoms with Crippen molar-refractivity contribution in [2.45, 2.75) is 33.2 Å². The zero-order valence-electron chi connectivity index (χ0n) is 11.4. The lowest BCUT2D eigenvalue weighted by Gasteiger charge is -2.20. The molecule has 1 atom stereocenters. The van der Waals surface area contributed by atoms with Crippen molar-refractivity contribution in [2.24, 2.45) is 5.92 Å². The second-order valence-corrected chi connectivity index (χ2v) is 7.39. The Hall–Kier alpha value is -1.11. The summed E-state index contributed by atoms with van der Waals surface area (Å²) in [5, 5.41) is 2.56. The first-order chi connectivity index (χ1) is 7.97. The normalized spacial score (nSPS) is 13.8. The first-order valence-corrected chi connectivity index (χ1v) is 7.38. The first kappa shape index (κ1) is 16.9. The van der Waals surface area contributed by atoms with Crippen LogP contribution in [0.5, 0.6) is 0 Å². The van der Waals surface area contributed by atoms with Gasteiger partial charge in [0.05, 0.1) is 18.8 Å². The molecule has 1 amide bonds. The van der Waals surface area contributed by atoms with Crippen molar-refractivity contribution in [3.63, 3.8) is 0 Å². The molecular weight excluding hydrogens is 258 g/mol. The van der Waals surface area contributed by atoms with Crippen LogP contribution in [0, 0.1) is 5.92 Å². The summed E-state index contributed by atoms with van der Waals surface area (Å²) in [5.41, 5.74) is -0.486. The Balaban J connectivity index is 4.50. The number of esters is 1. The number of carbonyl (C=O) groups excluding carboxylic acids is 2. The smallest absolute Gasteiger partial charge is 0.309 e. The zero-order chi connectivity index (χ0) is 14.6. The predicted octanol–water partition coefficient (Wildman–Crippen LogP) is 0.125. The first-order valence-electron chi connectivity index (χ1n) is 5.56. The summed E-state index contributed by atoms with van der Waals surface area (Å²) in [6, 6.07) is 0. The fraction of sp³-hybridized carbons (Fsp3) is 0.818. The quantitative estimate of drug-likeness (QED) is 0.722. The highest BCUT2D eigenvalue weighted by atomic mass is 32.2. The van der Waals surface area contributed by atoms with Crippen molar-refractivity contribution in [3.05, 3.63) is 0 Å². The van der Waals surface area contributed by atoms with Crippen molar-refractivity contribution in [1.82, 2.24) is 5.32 Å². The van der Waals surface area contributed by atoms with Gasteiger partial charge in [-0.25, -0.2) is 8.42 Å². The summed E-state index contributed by atoms with van der Waals surface area (Å²) in [5.74, 6) is -2.96. The molecular formula is C11H21NO5S. The van der Waals surface area contributed by atoms with Gasteiger partial charge in [0, 0.05) is 5.54 Å². The maximum Gasteiger partial charge on any atom is 0.309 e. The van der Waals surface area contributed by atoms with E-state index in [1.807, 2.05) is 0 Å². The molecule has 0 aromatic rings. The summed E-state index contributed by atoms with van der Waals surface area (Å²) in [7, 11) is -2.43. The monoisotopic (exact) mass is 279 g/mol. The summed E-state index contributed by atoms with van der Waals surface area (Å²) in [6.45, 7) is 6.73. The average molecular weight is 279 g/mol. The molecule has 0 aromatic heterocycles. The molecule has 0 radical (unpaired) electrons. The molecule has 0 saturated heterocycles. The minimum absolute atomic E-state index is 0.392. The minimum Gasteiger partial charge on any atom is -0.469 e. The molecule has 0 rings (SSSR count). The second kappa shape index (κ2) is 6.17. The van der Waals surface area contributed by atoms with Crippen molar-refractivity contribution in [3.8, 4) is 0 Å². The van der Waals surface area contributed by atoms with Gasteiger partial charge in [-0.05, 0) is 20.8 Å². The maximum atomic E-state index is 11.7. The van der Waals surface area contributed by atoms with E-state index in [4.69, 9.17) is 0 Å². The fourth-order valence-electron chi connectivity index (χ4n) is 1.36. The number of hydrogen-bond acceptors (Lipinski definition) is 5. The summed E-state index contributed by atoms with van der Waals surface area (Å²) in [4.78, 5) is 22.6. The molecule has 18 heavy (non-hydrogen) atoms. The van der Waals surface area contributed by atoms with Crippen LogP contribution in [0.4, 0.5) is 0 Å². The van der Waals surface area contributed by atoms with Crippen LogP contribution < -0.4 is 5.32 Å². The summed E-state index contributed by atoms with van der Waals surface area (Å²) in [6.07, 6.45) is 0. The predicted molar refractivity (Wildman–Crippen MR) is 67.7 cm³/mol. The van der Waals surface area contributed by atoms with Crippen LogP contribution in [-0.4, -0.2) is 44.4 Å². The highest BCUT2D eigenvalue weighted by Crippen LogP contribution is 2.05. The molecule has 0 spiro atoms. The van der Waals surface area contributed by atoms with Gasteiger partial charge in [0.1, 0.15) is 5.75 Å². The van der Waals surface area contributed by atoms with E-state index in [2.05, 4.69) is 10.1 Å². The van der Waals surface area contributed by atoms with Crippen LogP contribution >= 0.6 is 0 Å². The molecule has 0 aliphatic rings. The van der Waals surface area contributed by atoms with Gasteiger partial charge < -0.3 is 10.1 Å². The highest BCUT2D eigenvalue weighted by Gasteiger charge is 2.25. The second-order valence-electron chi connectivity index (χ2n) is 5.28. The third kappa shape index (κ3) is 7.26. The molecule has 0 bridgehead atoms. The summed E-state index contributed by atoms with van der Waals surface area (Å²) < 4.78 is 27.8. The fourth-order valence-corrected chi connectivity index (χ4v) is 2.85. The van der Waals surface area contributed by atoms with Crippen molar-refractivity contribution < 1.29 is 22.7 Å². The molecule has 0 saturated carbocycles. The number of amides is 1. The summed E-state index contributed by atoms with van der Waals surface area (Å²) >= 11 is 0. The van der Waals surface area contributed by atoms with Crippen molar-refractivity contribution >= 4 is 21.7 Å². The van der Waals surface area contributed by atoms with E-state index in [1.54, 1.807) is 20.8 Å². The molecule has 7 heteroatoms. The van der Waals surface area contributed by atoms with E-state index < -0.39 is 44.7 Å². The largest absolute Gasteiger partial charge is 0.469 e. The van der Waals surface area contributed by atoms with Crippen molar-refractivity contribution in [1.29, 1.82) is 0 Å². The molecule has 0 fully saturated rings. The SMILES string of the molecule is COC(=O)C(C)CS(=O)(=O)CC(=O)NC(C)(C)C. The van der Waals surface area contributed by atoms with E-state index in [-0.39, 0.29) is 0 Å². The van der Waals surface area contributed by atoms with E-state index in [9.17, 15) is 18.0 Å². The number of methoxy groups -OCH3 is 1. The molecule has 0 aliphatic carbocycles. The van der Waals surface area contributed by atoms with Crippen molar-refractivity contribution in [2.75, 3.05) is 18.6 Å². The Morgan fingerprint density at radius 3 is 2.17 bits per heavy atom. The third-order valence-electron chi connectivity index (χ3n) is 1.97. The number of ether oxygens (including phenoxy) is 1. The van der Waals surface area contributed by atoms with Crippen LogP contribution in [0.15, 0.2) is 0 Å². The Labute approximate surface area is 108 Å². The Morgan fingerprint density at radius 2 is 1.78 bits per heavy atom. The number of rotatable bonds is 5. The molecule has 0 aliphatic heterocycles. The van der Waals surface area contributed by atoms with E-state index in [1.165, 1.54) is 14.0 Å². The van der Waals surface area contributed by atoms with E-state index in [0.717, 1.165) is 0 Å². The number of hydrogen-bond donors (Lipinski definition) is 1. The van der Waals surface area contributed by atoms with Gasteiger partial charge >= 0.3 is 5.97 Å². The third-order valence-corrected chi connectivity index (χ3v) is 3.68. The van der Waals surface area contributed by atoms with Crippen LogP contribution in [0.25, 0.3) is 0 Å². The van der Waals surface area contributed by atoms with Crippen LogP contribution in [-0.2, 0) is 24.2 Å². The van der Waals surface area contributed by atoms with Gasteiger partial charge in [-0.15, -0.1) is 0 Å². The van der Waals surface area contributed by atoms with Crippen LogP contribution in [0.1, 0.15) is 27.7 Å². The lowest BCUT2D eigenvalue weighted by Crippen LogP contribution is -2.44. The molecule has 6 nitrogen and oxygen atoms in total. The van der Waals surface area contributed by atoms with Gasteiger partial charge in [-0.1, -0.05) is 6.92 Å². The zero-order valence-corrected chi connectivity index (χ0v) is 12.3. The Bertz CT molecular complexity index is 408. The van der Waals surface area contributed by atoms with Gasteiger partial charge in [-0.3, -0.25) is 9.59 Å². The Kier molecular flexibility index (Phi) is 5.79. The Morgan fingerprint density at radius 1 is 1.28 bits per heavy atom. The lowest BCUT2D eigenvalue weighted by atomic mass is 10.1. The number of sulfone groups is 1.